The molecular formula is C10H20ClN3O. The van der Waals surface area contributed by atoms with E-state index >= 15 is 0 Å². The first kappa shape index (κ1) is 12.7. The minimum Gasteiger partial charge on any atom is -0.341 e. The smallest absolute Gasteiger partial charge is 0.239 e. The van der Waals surface area contributed by atoms with Crippen LogP contribution < -0.4 is 11.1 Å². The van der Waals surface area contributed by atoms with E-state index in [1.54, 1.807) is 6.92 Å². The Balaban J connectivity index is 0.00000112. The minimum atomic E-state index is -0.346. The third-order valence-electron chi connectivity index (χ3n) is 3.36. The fourth-order valence-electron chi connectivity index (χ4n) is 2.54. The van der Waals surface area contributed by atoms with E-state index in [0.29, 0.717) is 12.0 Å². The van der Waals surface area contributed by atoms with Gasteiger partial charge in [0.05, 0.1) is 6.04 Å². The summed E-state index contributed by atoms with van der Waals surface area (Å²) in [4.78, 5) is 13.6. The van der Waals surface area contributed by atoms with Gasteiger partial charge in [-0.25, -0.2) is 0 Å². The lowest BCUT2D eigenvalue weighted by atomic mass is 9.93. The van der Waals surface area contributed by atoms with Crippen LogP contribution in [0.5, 0.6) is 0 Å². The molecule has 0 aromatic carbocycles. The van der Waals surface area contributed by atoms with Crippen LogP contribution in [-0.2, 0) is 4.79 Å². The third kappa shape index (κ3) is 2.62. The molecule has 0 saturated carbocycles. The summed E-state index contributed by atoms with van der Waals surface area (Å²) >= 11 is 0. The standard InChI is InChI=1S/C10H19N3O.ClH/c1-7(11)10(14)13-5-3-9-8(6-13)2-4-12-9;/h7-9,12H,2-6,11H2,1H3;1H. The molecule has 3 atom stereocenters. The number of rotatable bonds is 1. The average Bonchev–Trinajstić information content (AvgIpc) is 2.62. The van der Waals surface area contributed by atoms with Crippen LogP contribution in [-0.4, -0.2) is 42.5 Å². The van der Waals surface area contributed by atoms with Gasteiger partial charge in [0.2, 0.25) is 5.91 Å². The molecule has 2 saturated heterocycles. The number of nitrogens with zero attached hydrogens (tertiary/aromatic N) is 1. The number of amides is 1. The van der Waals surface area contributed by atoms with E-state index < -0.39 is 0 Å². The molecule has 4 nitrogen and oxygen atoms in total. The molecule has 0 aliphatic carbocycles. The number of nitrogens with two attached hydrogens (primary N) is 1. The second-order valence-corrected chi connectivity index (χ2v) is 4.47. The molecule has 0 radical (unpaired) electrons. The van der Waals surface area contributed by atoms with Crippen molar-refractivity contribution in [3.8, 4) is 0 Å². The number of fused-ring (bicyclic) bond motifs is 1. The number of hydrogen-bond donors (Lipinski definition) is 2. The number of carbonyl (C=O) groups is 1. The molecule has 0 aromatic rings. The summed E-state index contributed by atoms with van der Waals surface area (Å²) in [7, 11) is 0. The predicted molar refractivity (Wildman–Crippen MR) is 62.0 cm³/mol. The van der Waals surface area contributed by atoms with Crippen LogP contribution in [0.15, 0.2) is 0 Å². The van der Waals surface area contributed by atoms with Gasteiger partial charge >= 0.3 is 0 Å². The van der Waals surface area contributed by atoms with E-state index in [-0.39, 0.29) is 24.4 Å². The highest BCUT2D eigenvalue weighted by atomic mass is 35.5. The highest BCUT2D eigenvalue weighted by molar-refractivity contribution is 5.85. The number of likely N-dealkylation sites (tertiary alicyclic amines) is 1. The molecule has 2 heterocycles. The molecule has 2 fully saturated rings. The van der Waals surface area contributed by atoms with Crippen LogP contribution >= 0.6 is 12.4 Å². The molecule has 1 amide bonds. The number of halogens is 1. The van der Waals surface area contributed by atoms with E-state index in [0.717, 1.165) is 26.1 Å². The molecule has 0 aromatic heterocycles. The van der Waals surface area contributed by atoms with Crippen molar-refractivity contribution in [2.75, 3.05) is 19.6 Å². The highest BCUT2D eigenvalue weighted by Gasteiger charge is 2.34. The fourth-order valence-corrected chi connectivity index (χ4v) is 2.54. The Bertz CT molecular complexity index is 235. The molecule has 2 aliphatic heterocycles. The molecule has 0 spiro atoms. The fraction of sp³-hybridized carbons (Fsp3) is 0.900. The maximum absolute atomic E-state index is 11.7. The largest absolute Gasteiger partial charge is 0.341 e. The zero-order valence-electron chi connectivity index (χ0n) is 9.11. The number of piperidine rings is 1. The van der Waals surface area contributed by atoms with Gasteiger partial charge < -0.3 is 16.0 Å². The summed E-state index contributed by atoms with van der Waals surface area (Å²) in [6.45, 7) is 4.64. The van der Waals surface area contributed by atoms with Gasteiger partial charge in [0, 0.05) is 19.1 Å². The summed E-state index contributed by atoms with van der Waals surface area (Å²) in [6.07, 6.45) is 2.29. The second-order valence-electron chi connectivity index (χ2n) is 4.47. The average molecular weight is 234 g/mol. The molecule has 3 unspecified atom stereocenters. The topological polar surface area (TPSA) is 58.4 Å². The molecule has 88 valence electrons. The van der Waals surface area contributed by atoms with Crippen LogP contribution in [0, 0.1) is 5.92 Å². The van der Waals surface area contributed by atoms with Crippen molar-refractivity contribution in [2.45, 2.75) is 31.8 Å². The van der Waals surface area contributed by atoms with Crippen molar-refractivity contribution in [1.82, 2.24) is 10.2 Å². The Morgan fingerprint density at radius 3 is 2.93 bits per heavy atom. The maximum Gasteiger partial charge on any atom is 0.239 e. The van der Waals surface area contributed by atoms with Crippen LogP contribution in [0.25, 0.3) is 0 Å². The normalized spacial score (nSPS) is 31.7. The van der Waals surface area contributed by atoms with E-state index in [1.165, 1.54) is 6.42 Å². The first-order chi connectivity index (χ1) is 6.68. The van der Waals surface area contributed by atoms with Crippen molar-refractivity contribution in [2.24, 2.45) is 11.7 Å². The van der Waals surface area contributed by atoms with E-state index in [2.05, 4.69) is 5.32 Å². The highest BCUT2D eigenvalue weighted by Crippen LogP contribution is 2.24. The summed E-state index contributed by atoms with van der Waals surface area (Å²) in [5, 5.41) is 3.48. The van der Waals surface area contributed by atoms with E-state index in [9.17, 15) is 4.79 Å². The van der Waals surface area contributed by atoms with Crippen molar-refractivity contribution in [3.05, 3.63) is 0 Å². The van der Waals surface area contributed by atoms with Crippen molar-refractivity contribution in [1.29, 1.82) is 0 Å². The Labute approximate surface area is 97.0 Å². The van der Waals surface area contributed by atoms with Gasteiger partial charge in [-0.1, -0.05) is 0 Å². The quantitative estimate of drug-likeness (QED) is 0.669. The van der Waals surface area contributed by atoms with Gasteiger partial charge in [-0.05, 0) is 32.2 Å². The Hall–Kier alpha value is -0.320. The van der Waals surface area contributed by atoms with Crippen molar-refractivity contribution in [3.63, 3.8) is 0 Å². The lowest BCUT2D eigenvalue weighted by molar-refractivity contribution is -0.134. The number of nitrogens with one attached hydrogen (secondary N) is 1. The Morgan fingerprint density at radius 1 is 1.53 bits per heavy atom. The van der Waals surface area contributed by atoms with Crippen LogP contribution in [0.3, 0.4) is 0 Å². The summed E-state index contributed by atoms with van der Waals surface area (Å²) in [5.74, 6) is 0.766. The Kier molecular flexibility index (Phi) is 4.37. The van der Waals surface area contributed by atoms with Gasteiger partial charge in [0.25, 0.3) is 0 Å². The van der Waals surface area contributed by atoms with E-state index in [1.807, 2.05) is 4.90 Å². The van der Waals surface area contributed by atoms with Crippen molar-refractivity contribution >= 4 is 18.3 Å². The molecule has 15 heavy (non-hydrogen) atoms. The minimum absolute atomic E-state index is 0. The lowest BCUT2D eigenvalue weighted by Crippen LogP contribution is -2.51. The zero-order chi connectivity index (χ0) is 10.1. The molecule has 5 heteroatoms. The van der Waals surface area contributed by atoms with E-state index in [4.69, 9.17) is 5.73 Å². The Morgan fingerprint density at radius 2 is 2.27 bits per heavy atom. The summed E-state index contributed by atoms with van der Waals surface area (Å²) in [5.41, 5.74) is 5.60. The second kappa shape index (κ2) is 5.14. The molecule has 2 rings (SSSR count). The van der Waals surface area contributed by atoms with Crippen molar-refractivity contribution < 1.29 is 4.79 Å². The predicted octanol–water partition coefficient (Wildman–Crippen LogP) is -0.0342. The van der Waals surface area contributed by atoms with Crippen LogP contribution in [0.4, 0.5) is 0 Å². The lowest BCUT2D eigenvalue weighted by Gasteiger charge is -2.35. The molecular weight excluding hydrogens is 214 g/mol. The van der Waals surface area contributed by atoms with Crippen LogP contribution in [0.1, 0.15) is 19.8 Å². The molecule has 2 aliphatic rings. The SMILES string of the molecule is CC(N)C(=O)N1CCC2NCCC2C1.Cl. The summed E-state index contributed by atoms with van der Waals surface area (Å²) < 4.78 is 0. The number of hydrogen-bond acceptors (Lipinski definition) is 3. The van der Waals surface area contributed by atoms with Gasteiger partial charge in [-0.3, -0.25) is 4.79 Å². The van der Waals surface area contributed by atoms with Gasteiger partial charge in [0.15, 0.2) is 0 Å². The monoisotopic (exact) mass is 233 g/mol. The first-order valence-corrected chi connectivity index (χ1v) is 5.46. The molecule has 3 N–H and O–H groups in total. The van der Waals surface area contributed by atoms with Gasteiger partial charge in [0.1, 0.15) is 0 Å². The van der Waals surface area contributed by atoms with Gasteiger partial charge in [-0.15, -0.1) is 12.4 Å². The van der Waals surface area contributed by atoms with Gasteiger partial charge in [-0.2, -0.15) is 0 Å². The number of carbonyl (C=O) groups excluding carboxylic acids is 1. The maximum atomic E-state index is 11.7. The van der Waals surface area contributed by atoms with Crippen LogP contribution in [0.2, 0.25) is 0 Å². The third-order valence-corrected chi connectivity index (χ3v) is 3.36. The molecule has 0 bridgehead atoms. The zero-order valence-corrected chi connectivity index (χ0v) is 9.93. The first-order valence-electron chi connectivity index (χ1n) is 5.46. The summed E-state index contributed by atoms with van der Waals surface area (Å²) in [6, 6.07) is 0.299.